The Hall–Kier alpha value is -0.570. The molecule has 1 aliphatic rings. The highest BCUT2D eigenvalue weighted by molar-refractivity contribution is 5.77. The molecule has 0 spiro atoms. The molecule has 2 unspecified atom stereocenters. The molecule has 0 aromatic carbocycles. The highest BCUT2D eigenvalue weighted by Crippen LogP contribution is 2.52. The van der Waals surface area contributed by atoms with E-state index >= 15 is 0 Å². The predicted molar refractivity (Wildman–Crippen MR) is 58.4 cm³/mol. The molecule has 0 aromatic rings. The van der Waals surface area contributed by atoms with Crippen LogP contribution in [0.5, 0.6) is 0 Å². The van der Waals surface area contributed by atoms with Crippen LogP contribution in [0.2, 0.25) is 0 Å². The van der Waals surface area contributed by atoms with Gasteiger partial charge in [0.2, 0.25) is 0 Å². The van der Waals surface area contributed by atoms with Gasteiger partial charge in [0.1, 0.15) is 5.60 Å². The van der Waals surface area contributed by atoms with Gasteiger partial charge in [0.25, 0.3) is 0 Å². The average Bonchev–Trinajstić information content (AvgIpc) is 2.32. The standard InChI is InChI=1S/C12H22O3/c1-6-12(7-2)11(4,5)9(8(3)13)10(14)15-12/h8-9,13H,6-7H2,1-5H3. The van der Waals surface area contributed by atoms with E-state index in [0.717, 1.165) is 12.8 Å². The maximum atomic E-state index is 11.8. The molecule has 3 nitrogen and oxygen atoms in total. The molecular weight excluding hydrogens is 192 g/mol. The number of rotatable bonds is 3. The van der Waals surface area contributed by atoms with Crippen molar-refractivity contribution >= 4 is 5.97 Å². The number of carbonyl (C=O) groups excluding carboxylic acids is 1. The van der Waals surface area contributed by atoms with Crippen molar-refractivity contribution in [1.82, 2.24) is 0 Å². The molecule has 1 aliphatic heterocycles. The quantitative estimate of drug-likeness (QED) is 0.732. The number of hydrogen-bond acceptors (Lipinski definition) is 3. The fourth-order valence-electron chi connectivity index (χ4n) is 3.07. The van der Waals surface area contributed by atoms with E-state index in [1.54, 1.807) is 6.92 Å². The van der Waals surface area contributed by atoms with Crippen molar-refractivity contribution < 1.29 is 14.6 Å². The Morgan fingerprint density at radius 2 is 1.87 bits per heavy atom. The van der Waals surface area contributed by atoms with Crippen LogP contribution in [0, 0.1) is 11.3 Å². The summed E-state index contributed by atoms with van der Waals surface area (Å²) in [4.78, 5) is 11.8. The molecule has 0 radical (unpaired) electrons. The van der Waals surface area contributed by atoms with E-state index in [1.807, 2.05) is 27.7 Å². The summed E-state index contributed by atoms with van der Waals surface area (Å²) in [7, 11) is 0. The summed E-state index contributed by atoms with van der Waals surface area (Å²) >= 11 is 0. The zero-order valence-electron chi connectivity index (χ0n) is 10.3. The lowest BCUT2D eigenvalue weighted by atomic mass is 9.65. The fourth-order valence-corrected chi connectivity index (χ4v) is 3.07. The van der Waals surface area contributed by atoms with Crippen LogP contribution in [0.15, 0.2) is 0 Å². The fraction of sp³-hybridized carbons (Fsp3) is 0.917. The third-order valence-electron chi connectivity index (χ3n) is 4.13. The van der Waals surface area contributed by atoms with Gasteiger partial charge in [-0.15, -0.1) is 0 Å². The molecule has 1 saturated heterocycles. The summed E-state index contributed by atoms with van der Waals surface area (Å²) < 4.78 is 5.54. The molecule has 0 amide bonds. The summed E-state index contributed by atoms with van der Waals surface area (Å²) in [6.45, 7) is 9.76. The first-order valence-electron chi connectivity index (χ1n) is 5.73. The monoisotopic (exact) mass is 214 g/mol. The smallest absolute Gasteiger partial charge is 0.312 e. The maximum absolute atomic E-state index is 11.8. The molecule has 15 heavy (non-hydrogen) atoms. The first-order valence-corrected chi connectivity index (χ1v) is 5.73. The lowest BCUT2D eigenvalue weighted by Gasteiger charge is -2.40. The van der Waals surface area contributed by atoms with Gasteiger partial charge in [0.05, 0.1) is 12.0 Å². The second-order valence-corrected chi connectivity index (χ2v) is 5.06. The zero-order valence-corrected chi connectivity index (χ0v) is 10.3. The van der Waals surface area contributed by atoms with E-state index in [9.17, 15) is 9.90 Å². The number of esters is 1. The number of ether oxygens (including phenoxy) is 1. The van der Waals surface area contributed by atoms with Crippen LogP contribution in [0.4, 0.5) is 0 Å². The molecular formula is C12H22O3. The third kappa shape index (κ3) is 1.57. The minimum absolute atomic E-state index is 0.251. The Labute approximate surface area is 91.8 Å². The van der Waals surface area contributed by atoms with Gasteiger partial charge in [0, 0.05) is 5.41 Å². The molecule has 88 valence electrons. The number of carbonyl (C=O) groups is 1. The Bertz CT molecular complexity index is 252. The zero-order chi connectivity index (χ0) is 11.9. The van der Waals surface area contributed by atoms with E-state index in [4.69, 9.17) is 4.74 Å². The summed E-state index contributed by atoms with van der Waals surface area (Å²) in [5, 5.41) is 9.68. The minimum atomic E-state index is -0.646. The number of aliphatic hydroxyl groups is 1. The van der Waals surface area contributed by atoms with Gasteiger partial charge in [0.15, 0.2) is 0 Å². The van der Waals surface area contributed by atoms with Crippen molar-refractivity contribution in [3.63, 3.8) is 0 Å². The largest absolute Gasteiger partial charge is 0.458 e. The van der Waals surface area contributed by atoms with Crippen molar-refractivity contribution in [3.05, 3.63) is 0 Å². The van der Waals surface area contributed by atoms with Crippen molar-refractivity contribution in [3.8, 4) is 0 Å². The van der Waals surface area contributed by atoms with Gasteiger partial charge in [-0.2, -0.15) is 0 Å². The van der Waals surface area contributed by atoms with Crippen molar-refractivity contribution in [2.24, 2.45) is 11.3 Å². The first-order chi connectivity index (χ1) is 6.82. The molecule has 1 rings (SSSR count). The lowest BCUT2D eigenvalue weighted by molar-refractivity contribution is -0.153. The Morgan fingerprint density at radius 1 is 1.40 bits per heavy atom. The second kappa shape index (κ2) is 3.78. The molecule has 0 saturated carbocycles. The van der Waals surface area contributed by atoms with E-state index < -0.39 is 17.6 Å². The number of hydrogen-bond donors (Lipinski definition) is 1. The highest BCUT2D eigenvalue weighted by atomic mass is 16.6. The summed E-state index contributed by atoms with van der Waals surface area (Å²) in [6.07, 6.45) is 0.948. The molecule has 1 N–H and O–H groups in total. The predicted octanol–water partition coefficient (Wildman–Crippen LogP) is 2.13. The van der Waals surface area contributed by atoms with Crippen molar-refractivity contribution in [1.29, 1.82) is 0 Å². The van der Waals surface area contributed by atoms with Crippen molar-refractivity contribution in [2.45, 2.75) is 59.2 Å². The van der Waals surface area contributed by atoms with Gasteiger partial charge in [-0.05, 0) is 19.8 Å². The number of aliphatic hydroxyl groups excluding tert-OH is 1. The average molecular weight is 214 g/mol. The van der Waals surface area contributed by atoms with Gasteiger partial charge >= 0.3 is 5.97 Å². The molecule has 0 aromatic heterocycles. The van der Waals surface area contributed by atoms with Crippen LogP contribution in [-0.2, 0) is 9.53 Å². The Balaban J connectivity index is 3.13. The van der Waals surface area contributed by atoms with Crippen LogP contribution < -0.4 is 0 Å². The van der Waals surface area contributed by atoms with Crippen LogP contribution in [0.1, 0.15) is 47.5 Å². The van der Waals surface area contributed by atoms with E-state index in [0.29, 0.717) is 0 Å². The third-order valence-corrected chi connectivity index (χ3v) is 4.13. The minimum Gasteiger partial charge on any atom is -0.458 e. The molecule has 0 bridgehead atoms. The summed E-state index contributed by atoms with van der Waals surface area (Å²) in [5.74, 6) is -0.656. The highest BCUT2D eigenvalue weighted by Gasteiger charge is 2.60. The molecule has 1 heterocycles. The van der Waals surface area contributed by atoms with Gasteiger partial charge in [-0.25, -0.2) is 0 Å². The van der Waals surface area contributed by atoms with Crippen LogP contribution in [0.3, 0.4) is 0 Å². The summed E-state index contributed by atoms with van der Waals surface area (Å²) in [6, 6.07) is 0. The molecule has 2 atom stereocenters. The van der Waals surface area contributed by atoms with Crippen molar-refractivity contribution in [2.75, 3.05) is 0 Å². The molecule has 1 fully saturated rings. The normalized spacial score (nSPS) is 30.0. The van der Waals surface area contributed by atoms with Gasteiger partial charge in [-0.1, -0.05) is 27.7 Å². The number of cyclic esters (lactones) is 1. The Morgan fingerprint density at radius 3 is 2.07 bits per heavy atom. The van der Waals surface area contributed by atoms with E-state index in [2.05, 4.69) is 0 Å². The second-order valence-electron chi connectivity index (χ2n) is 5.06. The van der Waals surface area contributed by atoms with E-state index in [-0.39, 0.29) is 11.4 Å². The lowest BCUT2D eigenvalue weighted by Crippen LogP contribution is -2.45. The Kier molecular flexibility index (Phi) is 3.15. The first kappa shape index (κ1) is 12.5. The van der Waals surface area contributed by atoms with Crippen LogP contribution in [0.25, 0.3) is 0 Å². The van der Waals surface area contributed by atoms with Gasteiger partial charge in [-0.3, -0.25) is 4.79 Å². The topological polar surface area (TPSA) is 46.5 Å². The molecule has 3 heteroatoms. The van der Waals surface area contributed by atoms with Gasteiger partial charge < -0.3 is 9.84 Å². The molecule has 0 aliphatic carbocycles. The maximum Gasteiger partial charge on any atom is 0.312 e. The summed E-state index contributed by atoms with van der Waals surface area (Å²) in [5.41, 5.74) is -0.715. The van der Waals surface area contributed by atoms with E-state index in [1.165, 1.54) is 0 Å². The van der Waals surface area contributed by atoms with Crippen LogP contribution >= 0.6 is 0 Å². The van der Waals surface area contributed by atoms with Crippen LogP contribution in [-0.4, -0.2) is 22.8 Å². The SMILES string of the molecule is CCC1(CC)OC(=O)C(C(C)O)C1(C)C.